The maximum Gasteiger partial charge on any atom is 0.231 e. The summed E-state index contributed by atoms with van der Waals surface area (Å²) in [6, 6.07) is 1.85. The molecule has 17 heavy (non-hydrogen) atoms. The van der Waals surface area contributed by atoms with E-state index in [0.717, 1.165) is 16.5 Å². The van der Waals surface area contributed by atoms with E-state index in [1.54, 1.807) is 6.20 Å². The Kier molecular flexibility index (Phi) is 3.79. The second kappa shape index (κ2) is 5.14. The van der Waals surface area contributed by atoms with Crippen LogP contribution in [0.4, 0.5) is 5.82 Å². The van der Waals surface area contributed by atoms with Crippen molar-refractivity contribution in [2.24, 2.45) is 5.92 Å². The van der Waals surface area contributed by atoms with E-state index in [4.69, 9.17) is 4.74 Å². The molecule has 92 valence electrons. The third-order valence-electron chi connectivity index (χ3n) is 2.87. The Hall–Kier alpha value is -0.940. The molecule has 2 unspecified atom stereocenters. The van der Waals surface area contributed by atoms with Gasteiger partial charge in [0.1, 0.15) is 5.82 Å². The molecule has 0 bridgehead atoms. The van der Waals surface area contributed by atoms with Crippen molar-refractivity contribution < 1.29 is 9.53 Å². The normalized spacial score (nSPS) is 23.7. The summed E-state index contributed by atoms with van der Waals surface area (Å²) in [6.45, 7) is 4.44. The molecule has 1 amide bonds. The van der Waals surface area contributed by atoms with E-state index >= 15 is 0 Å². The van der Waals surface area contributed by atoms with E-state index in [-0.39, 0.29) is 17.9 Å². The summed E-state index contributed by atoms with van der Waals surface area (Å²) in [5.74, 6) is 0.523. The molecule has 1 saturated heterocycles. The number of anilines is 1. The molecule has 5 heteroatoms. The Morgan fingerprint density at radius 2 is 2.41 bits per heavy atom. The minimum atomic E-state index is -0.0595. The van der Waals surface area contributed by atoms with Crippen LogP contribution in [0.3, 0.4) is 0 Å². The van der Waals surface area contributed by atoms with Gasteiger partial charge in [-0.2, -0.15) is 0 Å². The van der Waals surface area contributed by atoms with Crippen molar-refractivity contribution >= 4 is 27.7 Å². The number of pyridine rings is 1. The Morgan fingerprint density at radius 1 is 1.65 bits per heavy atom. The summed E-state index contributed by atoms with van der Waals surface area (Å²) >= 11 is 3.37. The van der Waals surface area contributed by atoms with E-state index in [9.17, 15) is 4.79 Å². The molecule has 1 aliphatic rings. The summed E-state index contributed by atoms with van der Waals surface area (Å²) < 4.78 is 6.32. The average Bonchev–Trinajstić information content (AvgIpc) is 2.70. The number of rotatable bonds is 2. The first-order chi connectivity index (χ1) is 8.06. The molecule has 1 aromatic heterocycles. The third kappa shape index (κ3) is 3.04. The largest absolute Gasteiger partial charge is 0.378 e. The zero-order valence-corrected chi connectivity index (χ0v) is 11.5. The Bertz CT molecular complexity index is 437. The van der Waals surface area contributed by atoms with Crippen molar-refractivity contribution in [2.75, 3.05) is 11.9 Å². The maximum absolute atomic E-state index is 11.9. The van der Waals surface area contributed by atoms with E-state index in [2.05, 4.69) is 26.2 Å². The Morgan fingerprint density at radius 3 is 3.00 bits per heavy atom. The second-order valence-corrected chi connectivity index (χ2v) is 5.24. The predicted octanol–water partition coefficient (Wildman–Crippen LogP) is 2.52. The SMILES string of the molecule is Cc1cc(NC(=O)C2COC(C)C2)ncc1Br. The minimum absolute atomic E-state index is 0.0106. The average molecular weight is 299 g/mol. The van der Waals surface area contributed by atoms with E-state index in [0.29, 0.717) is 12.4 Å². The molecule has 2 atom stereocenters. The van der Waals surface area contributed by atoms with Crippen molar-refractivity contribution in [1.82, 2.24) is 4.98 Å². The first kappa shape index (κ1) is 12.5. The van der Waals surface area contributed by atoms with E-state index < -0.39 is 0 Å². The molecule has 0 radical (unpaired) electrons. The zero-order chi connectivity index (χ0) is 12.4. The molecule has 0 aliphatic carbocycles. The van der Waals surface area contributed by atoms with E-state index in [1.165, 1.54) is 0 Å². The molecule has 4 nitrogen and oxygen atoms in total. The number of hydrogen-bond donors (Lipinski definition) is 1. The number of hydrogen-bond acceptors (Lipinski definition) is 3. The highest BCUT2D eigenvalue weighted by molar-refractivity contribution is 9.10. The number of nitrogens with one attached hydrogen (secondary N) is 1. The standard InChI is InChI=1S/C12H15BrN2O2/c1-7-3-11(14-5-10(7)13)15-12(16)9-4-8(2)17-6-9/h3,5,8-9H,4,6H2,1-2H3,(H,14,15,16). The molecule has 1 aromatic rings. The predicted molar refractivity (Wildman–Crippen MR) is 68.8 cm³/mol. The van der Waals surface area contributed by atoms with Crippen LogP contribution in [0.15, 0.2) is 16.7 Å². The molecule has 0 aromatic carbocycles. The van der Waals surface area contributed by atoms with Crippen LogP contribution in [0.1, 0.15) is 18.9 Å². The Balaban J connectivity index is 2.00. The molecule has 2 heterocycles. The number of ether oxygens (including phenoxy) is 1. The molecule has 1 N–H and O–H groups in total. The number of aromatic nitrogens is 1. The summed E-state index contributed by atoms with van der Waals surface area (Å²) in [7, 11) is 0. The maximum atomic E-state index is 11.9. The number of carbonyl (C=O) groups excluding carboxylic acids is 1. The number of nitrogens with zero attached hydrogens (tertiary/aromatic N) is 1. The first-order valence-electron chi connectivity index (χ1n) is 5.61. The smallest absolute Gasteiger partial charge is 0.231 e. The van der Waals surface area contributed by atoms with Gasteiger partial charge in [-0.05, 0) is 47.8 Å². The van der Waals surface area contributed by atoms with Crippen LogP contribution in [0.5, 0.6) is 0 Å². The van der Waals surface area contributed by atoms with Crippen LogP contribution in [0.2, 0.25) is 0 Å². The van der Waals surface area contributed by atoms with Crippen molar-refractivity contribution in [3.63, 3.8) is 0 Å². The van der Waals surface area contributed by atoms with Crippen molar-refractivity contribution in [3.05, 3.63) is 22.3 Å². The third-order valence-corrected chi connectivity index (χ3v) is 3.70. The van der Waals surface area contributed by atoms with Gasteiger partial charge in [-0.25, -0.2) is 4.98 Å². The fraction of sp³-hybridized carbons (Fsp3) is 0.500. The van der Waals surface area contributed by atoms with Crippen LogP contribution in [-0.2, 0) is 9.53 Å². The van der Waals surface area contributed by atoms with Crippen LogP contribution >= 0.6 is 15.9 Å². The molecule has 0 spiro atoms. The van der Waals surface area contributed by atoms with Gasteiger partial charge in [-0.15, -0.1) is 0 Å². The lowest BCUT2D eigenvalue weighted by Gasteiger charge is -2.09. The molecule has 1 aliphatic heterocycles. The highest BCUT2D eigenvalue weighted by Gasteiger charge is 2.28. The highest BCUT2D eigenvalue weighted by Crippen LogP contribution is 2.22. The van der Waals surface area contributed by atoms with Gasteiger partial charge in [0, 0.05) is 10.7 Å². The van der Waals surface area contributed by atoms with Gasteiger partial charge in [0.05, 0.1) is 18.6 Å². The van der Waals surface area contributed by atoms with Crippen LogP contribution in [-0.4, -0.2) is 23.6 Å². The van der Waals surface area contributed by atoms with Crippen LogP contribution in [0.25, 0.3) is 0 Å². The van der Waals surface area contributed by atoms with Crippen molar-refractivity contribution in [3.8, 4) is 0 Å². The van der Waals surface area contributed by atoms with Crippen molar-refractivity contribution in [2.45, 2.75) is 26.4 Å². The number of carbonyl (C=O) groups is 1. The zero-order valence-electron chi connectivity index (χ0n) is 9.87. The summed E-state index contributed by atoms with van der Waals surface area (Å²) in [5.41, 5.74) is 1.05. The minimum Gasteiger partial charge on any atom is -0.378 e. The lowest BCUT2D eigenvalue weighted by molar-refractivity contribution is -0.119. The van der Waals surface area contributed by atoms with Gasteiger partial charge in [0.15, 0.2) is 0 Å². The van der Waals surface area contributed by atoms with Gasteiger partial charge in [0.2, 0.25) is 5.91 Å². The quantitative estimate of drug-likeness (QED) is 0.913. The Labute approximate surface area is 109 Å². The fourth-order valence-corrected chi connectivity index (χ4v) is 2.05. The molecule has 1 fully saturated rings. The monoisotopic (exact) mass is 298 g/mol. The lowest BCUT2D eigenvalue weighted by atomic mass is 10.1. The first-order valence-corrected chi connectivity index (χ1v) is 6.40. The van der Waals surface area contributed by atoms with E-state index in [1.807, 2.05) is 19.9 Å². The molecule has 2 rings (SSSR count). The van der Waals surface area contributed by atoms with Crippen LogP contribution < -0.4 is 5.32 Å². The van der Waals surface area contributed by atoms with Crippen LogP contribution in [0, 0.1) is 12.8 Å². The molecule has 0 saturated carbocycles. The number of amides is 1. The number of halogens is 1. The second-order valence-electron chi connectivity index (χ2n) is 4.38. The highest BCUT2D eigenvalue weighted by atomic mass is 79.9. The molecular weight excluding hydrogens is 284 g/mol. The fourth-order valence-electron chi connectivity index (χ4n) is 1.84. The summed E-state index contributed by atoms with van der Waals surface area (Å²) in [5, 5.41) is 2.82. The number of aryl methyl sites for hydroxylation is 1. The molecular formula is C12H15BrN2O2. The summed E-state index contributed by atoms with van der Waals surface area (Å²) in [4.78, 5) is 16.1. The topological polar surface area (TPSA) is 51.2 Å². The van der Waals surface area contributed by atoms with Crippen molar-refractivity contribution in [1.29, 1.82) is 0 Å². The summed E-state index contributed by atoms with van der Waals surface area (Å²) in [6.07, 6.45) is 2.64. The van der Waals surface area contributed by atoms with Gasteiger partial charge in [0.25, 0.3) is 0 Å². The van der Waals surface area contributed by atoms with Gasteiger partial charge in [-0.1, -0.05) is 0 Å². The van der Waals surface area contributed by atoms with Gasteiger partial charge < -0.3 is 10.1 Å². The lowest BCUT2D eigenvalue weighted by Crippen LogP contribution is -2.23. The van der Waals surface area contributed by atoms with Gasteiger partial charge in [-0.3, -0.25) is 4.79 Å². The van der Waals surface area contributed by atoms with Gasteiger partial charge >= 0.3 is 0 Å².